The van der Waals surface area contributed by atoms with Crippen LogP contribution in [0.25, 0.3) is 0 Å². The molecule has 0 heterocycles. The minimum absolute atomic E-state index is 0.345. The molecule has 1 fully saturated rings. The molecule has 0 aromatic rings. The van der Waals surface area contributed by atoms with Gasteiger partial charge in [-0.3, -0.25) is 5.32 Å². The molecule has 1 N–H and O–H groups in total. The molecule has 0 amide bonds. The summed E-state index contributed by atoms with van der Waals surface area (Å²) in [6, 6.07) is 3.24. The zero-order chi connectivity index (χ0) is 13.6. The van der Waals surface area contributed by atoms with Crippen molar-refractivity contribution in [1.29, 1.82) is 5.26 Å². The molecule has 0 spiro atoms. The summed E-state index contributed by atoms with van der Waals surface area (Å²) in [7, 11) is 0. The van der Waals surface area contributed by atoms with E-state index in [2.05, 4.69) is 37.1 Å². The smallest absolute Gasteiger partial charge is 0.103 e. The highest BCUT2D eigenvalue weighted by Gasteiger charge is 2.29. The summed E-state index contributed by atoms with van der Waals surface area (Å²) in [4.78, 5) is 2.62. The maximum atomic E-state index is 9.22. The van der Waals surface area contributed by atoms with Gasteiger partial charge in [-0.15, -0.1) is 0 Å². The Labute approximate surface area is 113 Å². The van der Waals surface area contributed by atoms with E-state index in [0.717, 1.165) is 37.9 Å². The Hall–Kier alpha value is -0.590. The van der Waals surface area contributed by atoms with Gasteiger partial charge in [-0.1, -0.05) is 20.8 Å². The van der Waals surface area contributed by atoms with Crippen molar-refractivity contribution in [3.05, 3.63) is 0 Å². The van der Waals surface area contributed by atoms with Crippen LogP contribution < -0.4 is 5.32 Å². The van der Waals surface area contributed by atoms with E-state index in [1.165, 1.54) is 19.4 Å². The normalized spacial score (nSPS) is 18.9. The molecule has 0 saturated heterocycles. The number of nitriles is 1. The van der Waals surface area contributed by atoms with Crippen molar-refractivity contribution < 1.29 is 0 Å². The van der Waals surface area contributed by atoms with Gasteiger partial charge in [-0.25, -0.2) is 0 Å². The van der Waals surface area contributed by atoms with Gasteiger partial charge in [0.25, 0.3) is 0 Å². The summed E-state index contributed by atoms with van der Waals surface area (Å²) in [6.07, 6.45) is 4.80. The summed E-state index contributed by atoms with van der Waals surface area (Å²) in [5, 5.41) is 12.5. The van der Waals surface area contributed by atoms with Gasteiger partial charge in [0.1, 0.15) is 5.54 Å². The minimum atomic E-state index is -0.345. The van der Waals surface area contributed by atoms with E-state index in [4.69, 9.17) is 0 Å². The lowest BCUT2D eigenvalue weighted by Crippen LogP contribution is -2.41. The molecule has 1 unspecified atom stereocenters. The molecule has 1 atom stereocenters. The highest BCUT2D eigenvalue weighted by atomic mass is 15.2. The predicted octanol–water partition coefficient (Wildman–Crippen LogP) is 2.78. The van der Waals surface area contributed by atoms with E-state index in [9.17, 15) is 5.26 Å². The van der Waals surface area contributed by atoms with Crippen molar-refractivity contribution in [2.75, 3.05) is 19.6 Å². The largest absolute Gasteiger partial charge is 0.300 e. The average Bonchev–Trinajstić information content (AvgIpc) is 3.11. The molecular formula is C15H29N3. The molecule has 3 heteroatoms. The number of hydrogen-bond donors (Lipinski definition) is 1. The molecule has 18 heavy (non-hydrogen) atoms. The molecule has 0 aromatic carbocycles. The Balaban J connectivity index is 2.31. The maximum Gasteiger partial charge on any atom is 0.103 e. The van der Waals surface area contributed by atoms with Crippen molar-refractivity contribution in [3.8, 4) is 6.07 Å². The summed E-state index contributed by atoms with van der Waals surface area (Å²) < 4.78 is 0. The second-order valence-electron chi connectivity index (χ2n) is 6.20. The molecule has 0 aliphatic heterocycles. The second-order valence-corrected chi connectivity index (χ2v) is 6.20. The number of nitrogens with zero attached hydrogens (tertiary/aromatic N) is 2. The van der Waals surface area contributed by atoms with Gasteiger partial charge in [-0.2, -0.15) is 5.26 Å². The molecule has 1 aliphatic rings. The van der Waals surface area contributed by atoms with Gasteiger partial charge in [0.15, 0.2) is 0 Å². The van der Waals surface area contributed by atoms with Crippen molar-refractivity contribution in [2.24, 2.45) is 5.92 Å². The quantitative estimate of drug-likeness (QED) is 0.685. The van der Waals surface area contributed by atoms with Gasteiger partial charge in [0.2, 0.25) is 0 Å². The van der Waals surface area contributed by atoms with E-state index in [-0.39, 0.29) is 5.54 Å². The van der Waals surface area contributed by atoms with Crippen molar-refractivity contribution >= 4 is 0 Å². The second kappa shape index (κ2) is 7.11. The highest BCUT2D eigenvalue weighted by Crippen LogP contribution is 2.28. The Morgan fingerprint density at radius 1 is 1.44 bits per heavy atom. The molecule has 104 valence electrons. The highest BCUT2D eigenvalue weighted by molar-refractivity contribution is 5.03. The lowest BCUT2D eigenvalue weighted by Gasteiger charge is -2.27. The standard InChI is InChI=1S/C15H29N3/c1-5-17-15(4,12-16)9-6-10-18(11-13(2)3)14-7-8-14/h13-14,17H,5-11H2,1-4H3. The van der Waals surface area contributed by atoms with Crippen LogP contribution in [-0.4, -0.2) is 36.1 Å². The van der Waals surface area contributed by atoms with Crippen LogP contribution in [-0.2, 0) is 0 Å². The summed E-state index contributed by atoms with van der Waals surface area (Å²) in [6.45, 7) is 11.9. The SMILES string of the molecule is CCNC(C)(C#N)CCCN(CC(C)C)C1CC1. The van der Waals surface area contributed by atoms with Crippen LogP contribution in [0.3, 0.4) is 0 Å². The Morgan fingerprint density at radius 2 is 2.11 bits per heavy atom. The van der Waals surface area contributed by atoms with Crippen LogP contribution in [0.5, 0.6) is 0 Å². The topological polar surface area (TPSA) is 39.1 Å². The van der Waals surface area contributed by atoms with Crippen molar-refractivity contribution in [1.82, 2.24) is 10.2 Å². The Morgan fingerprint density at radius 3 is 2.56 bits per heavy atom. The molecule has 1 aliphatic carbocycles. The molecule has 0 radical (unpaired) electrons. The molecule has 0 bridgehead atoms. The van der Waals surface area contributed by atoms with Crippen LogP contribution in [0.2, 0.25) is 0 Å². The fourth-order valence-electron chi connectivity index (χ4n) is 2.54. The first-order chi connectivity index (χ1) is 8.50. The number of rotatable bonds is 9. The van der Waals surface area contributed by atoms with Crippen LogP contribution in [0, 0.1) is 17.2 Å². The lowest BCUT2D eigenvalue weighted by molar-refractivity contribution is 0.223. The van der Waals surface area contributed by atoms with Crippen LogP contribution in [0.4, 0.5) is 0 Å². The van der Waals surface area contributed by atoms with Gasteiger partial charge in [-0.05, 0) is 51.6 Å². The predicted molar refractivity (Wildman–Crippen MR) is 76.4 cm³/mol. The molecule has 1 saturated carbocycles. The van der Waals surface area contributed by atoms with Gasteiger partial charge in [0, 0.05) is 12.6 Å². The monoisotopic (exact) mass is 251 g/mol. The van der Waals surface area contributed by atoms with E-state index in [0.29, 0.717) is 0 Å². The lowest BCUT2D eigenvalue weighted by atomic mass is 9.97. The van der Waals surface area contributed by atoms with Crippen molar-refractivity contribution in [3.63, 3.8) is 0 Å². The van der Waals surface area contributed by atoms with Crippen LogP contribution in [0.1, 0.15) is 53.4 Å². The van der Waals surface area contributed by atoms with E-state index in [1.54, 1.807) is 0 Å². The first-order valence-corrected chi connectivity index (χ1v) is 7.41. The Bertz CT molecular complexity index is 278. The molecule has 1 rings (SSSR count). The first kappa shape index (κ1) is 15.5. The zero-order valence-electron chi connectivity index (χ0n) is 12.5. The first-order valence-electron chi connectivity index (χ1n) is 7.41. The molecule has 3 nitrogen and oxygen atoms in total. The zero-order valence-corrected chi connectivity index (χ0v) is 12.5. The summed E-state index contributed by atoms with van der Waals surface area (Å²) in [5.41, 5.74) is -0.345. The fourth-order valence-corrected chi connectivity index (χ4v) is 2.54. The maximum absolute atomic E-state index is 9.22. The number of nitrogens with one attached hydrogen (secondary N) is 1. The third-order valence-electron chi connectivity index (χ3n) is 3.60. The third-order valence-corrected chi connectivity index (χ3v) is 3.60. The summed E-state index contributed by atoms with van der Waals surface area (Å²) >= 11 is 0. The molecule has 0 aromatic heterocycles. The fraction of sp³-hybridized carbons (Fsp3) is 0.933. The van der Waals surface area contributed by atoms with Crippen LogP contribution >= 0.6 is 0 Å². The van der Waals surface area contributed by atoms with Gasteiger partial charge >= 0.3 is 0 Å². The van der Waals surface area contributed by atoms with E-state index >= 15 is 0 Å². The summed E-state index contributed by atoms with van der Waals surface area (Å²) in [5.74, 6) is 0.738. The van der Waals surface area contributed by atoms with Crippen molar-refractivity contribution in [2.45, 2.75) is 65.0 Å². The third kappa shape index (κ3) is 5.37. The van der Waals surface area contributed by atoms with Gasteiger partial charge < -0.3 is 4.90 Å². The average molecular weight is 251 g/mol. The van der Waals surface area contributed by atoms with Gasteiger partial charge in [0.05, 0.1) is 6.07 Å². The Kier molecular flexibility index (Phi) is 6.11. The van der Waals surface area contributed by atoms with E-state index < -0.39 is 0 Å². The minimum Gasteiger partial charge on any atom is -0.300 e. The van der Waals surface area contributed by atoms with Crippen LogP contribution in [0.15, 0.2) is 0 Å². The molecular weight excluding hydrogens is 222 g/mol. The van der Waals surface area contributed by atoms with E-state index in [1.807, 2.05) is 6.92 Å². The number of hydrogen-bond acceptors (Lipinski definition) is 3.